The molecule has 1 saturated carbocycles. The summed E-state index contributed by atoms with van der Waals surface area (Å²) in [5.41, 5.74) is 0.543. The summed E-state index contributed by atoms with van der Waals surface area (Å²) in [4.78, 5) is 19.5. The number of nitrogens with one attached hydrogen (secondary N) is 1. The lowest BCUT2D eigenvalue weighted by Gasteiger charge is -2.31. The molecule has 0 radical (unpaired) electrons. The van der Waals surface area contributed by atoms with Gasteiger partial charge in [-0.3, -0.25) is 9.89 Å². The normalized spacial score (nSPS) is 18.0. The molecule has 2 aromatic rings. The summed E-state index contributed by atoms with van der Waals surface area (Å²) in [5.74, 6) is 3.87. The molecule has 7 nitrogen and oxygen atoms in total. The van der Waals surface area contributed by atoms with Crippen LogP contribution < -0.4 is 9.47 Å². The van der Waals surface area contributed by atoms with Crippen molar-refractivity contribution in [2.24, 2.45) is 0 Å². The summed E-state index contributed by atoms with van der Waals surface area (Å²) < 4.78 is 10.7. The summed E-state index contributed by atoms with van der Waals surface area (Å²) in [6, 6.07) is 5.40. The first-order valence-corrected chi connectivity index (χ1v) is 9.13. The van der Waals surface area contributed by atoms with E-state index >= 15 is 0 Å². The lowest BCUT2D eigenvalue weighted by atomic mass is 9.95. The van der Waals surface area contributed by atoms with Gasteiger partial charge in [-0.15, -0.1) is 0 Å². The van der Waals surface area contributed by atoms with Gasteiger partial charge in [-0.1, -0.05) is 6.07 Å². The fourth-order valence-corrected chi connectivity index (χ4v) is 3.58. The van der Waals surface area contributed by atoms with E-state index in [0.717, 1.165) is 24.5 Å². The van der Waals surface area contributed by atoms with Crippen LogP contribution >= 0.6 is 0 Å². The zero-order valence-electron chi connectivity index (χ0n) is 15.2. The van der Waals surface area contributed by atoms with Crippen molar-refractivity contribution in [3.05, 3.63) is 35.4 Å². The summed E-state index contributed by atoms with van der Waals surface area (Å²) in [5, 5.41) is 7.45. The SMILES string of the molecule is COc1cccc(C(=O)N2CCC(c3nc(C4CC4)n[nH]3)CC2)c1OC. The van der Waals surface area contributed by atoms with Gasteiger partial charge < -0.3 is 14.4 Å². The number of ether oxygens (including phenoxy) is 2. The molecule has 1 aliphatic carbocycles. The molecule has 1 amide bonds. The van der Waals surface area contributed by atoms with Crippen molar-refractivity contribution in [3.63, 3.8) is 0 Å². The predicted molar refractivity (Wildman–Crippen MR) is 95.8 cm³/mol. The molecular weight excluding hydrogens is 332 g/mol. The number of hydrogen-bond acceptors (Lipinski definition) is 5. The van der Waals surface area contributed by atoms with Gasteiger partial charge in [0.2, 0.25) is 0 Å². The van der Waals surface area contributed by atoms with Gasteiger partial charge in [-0.25, -0.2) is 4.98 Å². The van der Waals surface area contributed by atoms with Gasteiger partial charge in [-0.05, 0) is 37.8 Å². The van der Waals surface area contributed by atoms with Crippen LogP contribution in [-0.2, 0) is 0 Å². The maximum Gasteiger partial charge on any atom is 0.257 e. The first-order valence-electron chi connectivity index (χ1n) is 9.13. The number of aromatic nitrogens is 3. The van der Waals surface area contributed by atoms with Crippen molar-refractivity contribution in [2.75, 3.05) is 27.3 Å². The smallest absolute Gasteiger partial charge is 0.257 e. The highest BCUT2D eigenvalue weighted by molar-refractivity contribution is 5.97. The van der Waals surface area contributed by atoms with Gasteiger partial charge in [0.25, 0.3) is 5.91 Å². The van der Waals surface area contributed by atoms with Crippen LogP contribution in [0.1, 0.15) is 59.5 Å². The molecule has 1 saturated heterocycles. The van der Waals surface area contributed by atoms with Crippen LogP contribution in [0.15, 0.2) is 18.2 Å². The van der Waals surface area contributed by atoms with Crippen LogP contribution in [0.5, 0.6) is 11.5 Å². The first-order chi connectivity index (χ1) is 12.7. The molecular formula is C19H24N4O3. The van der Waals surface area contributed by atoms with Gasteiger partial charge >= 0.3 is 0 Å². The van der Waals surface area contributed by atoms with Crippen molar-refractivity contribution in [1.82, 2.24) is 20.1 Å². The maximum absolute atomic E-state index is 12.9. The monoisotopic (exact) mass is 356 g/mol. The minimum absolute atomic E-state index is 0.0181. The number of nitrogens with zero attached hydrogens (tertiary/aromatic N) is 3. The Balaban J connectivity index is 1.43. The fourth-order valence-electron chi connectivity index (χ4n) is 3.58. The molecule has 2 heterocycles. The molecule has 0 unspecified atom stereocenters. The number of hydrogen-bond donors (Lipinski definition) is 1. The number of benzene rings is 1. The molecule has 0 spiro atoms. The lowest BCUT2D eigenvalue weighted by Crippen LogP contribution is -2.38. The third-order valence-corrected chi connectivity index (χ3v) is 5.26. The molecule has 1 N–H and O–H groups in total. The Morgan fingerprint density at radius 2 is 1.88 bits per heavy atom. The Morgan fingerprint density at radius 1 is 1.12 bits per heavy atom. The molecule has 26 heavy (non-hydrogen) atoms. The van der Waals surface area contributed by atoms with Crippen molar-refractivity contribution in [1.29, 1.82) is 0 Å². The number of likely N-dealkylation sites (tertiary alicyclic amines) is 1. The third kappa shape index (κ3) is 3.13. The van der Waals surface area contributed by atoms with Crippen LogP contribution in [0.3, 0.4) is 0 Å². The number of rotatable bonds is 5. The zero-order chi connectivity index (χ0) is 18.1. The summed E-state index contributed by atoms with van der Waals surface area (Å²) in [7, 11) is 3.13. The van der Waals surface area contributed by atoms with E-state index in [9.17, 15) is 4.79 Å². The predicted octanol–water partition coefficient (Wildman–Crippen LogP) is 2.72. The topological polar surface area (TPSA) is 80.3 Å². The summed E-state index contributed by atoms with van der Waals surface area (Å²) >= 11 is 0. The van der Waals surface area contributed by atoms with Crippen molar-refractivity contribution in [2.45, 2.75) is 37.5 Å². The summed E-state index contributed by atoms with van der Waals surface area (Å²) in [6.07, 6.45) is 4.17. The minimum Gasteiger partial charge on any atom is -0.493 e. The Bertz CT molecular complexity index is 792. The average Bonchev–Trinajstić information content (AvgIpc) is 3.43. The Labute approximate surface area is 152 Å². The molecule has 1 aliphatic heterocycles. The number of para-hydroxylation sites is 1. The standard InChI is InChI=1S/C19H24N4O3/c1-25-15-5-3-4-14(16(15)26-2)19(24)23-10-8-13(9-11-23)18-20-17(21-22-18)12-6-7-12/h3-5,12-13H,6-11H2,1-2H3,(H,20,21,22). The van der Waals surface area contributed by atoms with Gasteiger partial charge in [0.05, 0.1) is 19.8 Å². The number of carbonyl (C=O) groups excluding carboxylic acids is 1. The van der Waals surface area contributed by atoms with E-state index in [1.54, 1.807) is 26.4 Å². The van der Waals surface area contributed by atoms with Crippen LogP contribution in [0.4, 0.5) is 0 Å². The Morgan fingerprint density at radius 3 is 2.54 bits per heavy atom. The van der Waals surface area contributed by atoms with Gasteiger partial charge in [0, 0.05) is 24.9 Å². The van der Waals surface area contributed by atoms with Gasteiger partial charge in [0.15, 0.2) is 17.3 Å². The van der Waals surface area contributed by atoms with Gasteiger partial charge in [0.1, 0.15) is 5.82 Å². The van der Waals surface area contributed by atoms with E-state index in [-0.39, 0.29) is 5.91 Å². The second-order valence-electron chi connectivity index (χ2n) is 6.96. The molecule has 2 fully saturated rings. The number of amides is 1. The third-order valence-electron chi connectivity index (χ3n) is 5.26. The van der Waals surface area contributed by atoms with E-state index in [2.05, 4.69) is 15.2 Å². The molecule has 1 aromatic heterocycles. The molecule has 7 heteroatoms. The van der Waals surface area contributed by atoms with Crippen molar-refractivity contribution >= 4 is 5.91 Å². The van der Waals surface area contributed by atoms with Crippen molar-refractivity contribution in [3.8, 4) is 11.5 Å². The highest BCUT2D eigenvalue weighted by atomic mass is 16.5. The van der Waals surface area contributed by atoms with E-state index in [1.165, 1.54) is 12.8 Å². The molecule has 4 rings (SSSR count). The molecule has 0 bridgehead atoms. The second kappa shape index (κ2) is 6.97. The number of methoxy groups -OCH3 is 2. The van der Waals surface area contributed by atoms with E-state index in [1.807, 2.05) is 11.0 Å². The van der Waals surface area contributed by atoms with E-state index < -0.39 is 0 Å². The van der Waals surface area contributed by atoms with Crippen molar-refractivity contribution < 1.29 is 14.3 Å². The summed E-state index contributed by atoms with van der Waals surface area (Å²) in [6.45, 7) is 1.40. The van der Waals surface area contributed by atoms with Gasteiger partial charge in [-0.2, -0.15) is 5.10 Å². The lowest BCUT2D eigenvalue weighted by molar-refractivity contribution is 0.0707. The van der Waals surface area contributed by atoms with Crippen LogP contribution in [0.2, 0.25) is 0 Å². The zero-order valence-corrected chi connectivity index (χ0v) is 15.2. The van der Waals surface area contributed by atoms with Crippen LogP contribution in [0, 0.1) is 0 Å². The largest absolute Gasteiger partial charge is 0.493 e. The molecule has 0 atom stereocenters. The Kier molecular flexibility index (Phi) is 4.53. The van der Waals surface area contributed by atoms with E-state index in [0.29, 0.717) is 42.0 Å². The molecule has 2 aliphatic rings. The maximum atomic E-state index is 12.9. The average molecular weight is 356 g/mol. The van der Waals surface area contributed by atoms with Crippen LogP contribution in [-0.4, -0.2) is 53.3 Å². The highest BCUT2D eigenvalue weighted by Crippen LogP contribution is 2.39. The first kappa shape index (κ1) is 16.9. The molecule has 138 valence electrons. The molecule has 1 aromatic carbocycles. The number of aromatic amines is 1. The number of carbonyl (C=O) groups is 1. The highest BCUT2D eigenvalue weighted by Gasteiger charge is 2.31. The minimum atomic E-state index is -0.0181. The Hall–Kier alpha value is -2.57. The number of H-pyrrole nitrogens is 1. The second-order valence-corrected chi connectivity index (χ2v) is 6.96. The fraction of sp³-hybridized carbons (Fsp3) is 0.526. The van der Waals surface area contributed by atoms with Crippen LogP contribution in [0.25, 0.3) is 0 Å². The van der Waals surface area contributed by atoms with E-state index in [4.69, 9.17) is 9.47 Å². The quantitative estimate of drug-likeness (QED) is 0.891. The number of piperidine rings is 1.